The SMILES string of the molecule is CN(c1nc(-c2cc3ccccc3[nH]c2=O)cs1)S(=O)(=O)c1cn(C)cn1. The standard InChI is InChI=1S/C17H15N5O3S2/c1-21-8-15(18-10-21)27(24,25)22(2)17-20-14(9-26-17)12-7-11-5-3-4-6-13(11)19-16(12)23/h3-10H,1-2H3,(H,19,23). The van der Waals surface area contributed by atoms with E-state index in [-0.39, 0.29) is 15.7 Å². The van der Waals surface area contributed by atoms with Gasteiger partial charge in [-0.15, -0.1) is 11.3 Å². The van der Waals surface area contributed by atoms with Crippen LogP contribution < -0.4 is 9.86 Å². The number of pyridine rings is 1. The number of aryl methyl sites for hydroxylation is 1. The van der Waals surface area contributed by atoms with Gasteiger partial charge in [0.15, 0.2) is 10.2 Å². The number of fused-ring (bicyclic) bond motifs is 1. The van der Waals surface area contributed by atoms with E-state index in [1.807, 2.05) is 24.3 Å². The molecule has 3 aromatic heterocycles. The van der Waals surface area contributed by atoms with E-state index in [4.69, 9.17) is 0 Å². The van der Waals surface area contributed by atoms with Gasteiger partial charge in [-0.25, -0.2) is 14.3 Å². The summed E-state index contributed by atoms with van der Waals surface area (Å²) in [5, 5.41) is 2.73. The molecule has 0 aliphatic rings. The van der Waals surface area contributed by atoms with E-state index >= 15 is 0 Å². The molecular weight excluding hydrogens is 386 g/mol. The molecule has 1 aromatic carbocycles. The Balaban J connectivity index is 1.74. The van der Waals surface area contributed by atoms with Gasteiger partial charge in [-0.3, -0.25) is 4.79 Å². The first kappa shape index (κ1) is 17.4. The second kappa shape index (κ2) is 6.32. The van der Waals surface area contributed by atoms with Crippen molar-refractivity contribution in [3.63, 3.8) is 0 Å². The Morgan fingerprint density at radius 3 is 2.78 bits per heavy atom. The monoisotopic (exact) mass is 401 g/mol. The Morgan fingerprint density at radius 2 is 2.04 bits per heavy atom. The van der Waals surface area contributed by atoms with E-state index < -0.39 is 10.0 Å². The highest BCUT2D eigenvalue weighted by Crippen LogP contribution is 2.29. The number of sulfonamides is 1. The van der Waals surface area contributed by atoms with Crippen LogP contribution in [0.1, 0.15) is 0 Å². The molecule has 138 valence electrons. The second-order valence-corrected chi connectivity index (χ2v) is 8.72. The zero-order valence-electron chi connectivity index (χ0n) is 14.4. The van der Waals surface area contributed by atoms with Crippen molar-refractivity contribution in [3.05, 3.63) is 58.6 Å². The number of benzene rings is 1. The summed E-state index contributed by atoms with van der Waals surface area (Å²) >= 11 is 1.14. The third-order valence-electron chi connectivity index (χ3n) is 4.10. The number of hydrogen-bond donors (Lipinski definition) is 1. The second-order valence-electron chi connectivity index (χ2n) is 5.96. The molecule has 3 heterocycles. The highest BCUT2D eigenvalue weighted by atomic mass is 32.2. The van der Waals surface area contributed by atoms with Crippen molar-refractivity contribution in [1.82, 2.24) is 19.5 Å². The predicted molar refractivity (Wildman–Crippen MR) is 104 cm³/mol. The summed E-state index contributed by atoms with van der Waals surface area (Å²) in [5.74, 6) is 0. The van der Waals surface area contributed by atoms with E-state index in [1.54, 1.807) is 23.1 Å². The van der Waals surface area contributed by atoms with Gasteiger partial charge < -0.3 is 9.55 Å². The average molecular weight is 401 g/mol. The number of imidazole rings is 1. The van der Waals surface area contributed by atoms with Crippen molar-refractivity contribution in [3.8, 4) is 11.3 Å². The fraction of sp³-hybridized carbons (Fsp3) is 0.118. The lowest BCUT2D eigenvalue weighted by atomic mass is 10.1. The maximum atomic E-state index is 12.7. The number of H-pyrrole nitrogens is 1. The third kappa shape index (κ3) is 3.02. The van der Waals surface area contributed by atoms with Gasteiger partial charge in [0.2, 0.25) is 0 Å². The molecule has 0 aliphatic carbocycles. The first-order valence-corrected chi connectivity index (χ1v) is 10.2. The van der Waals surface area contributed by atoms with E-state index in [9.17, 15) is 13.2 Å². The van der Waals surface area contributed by atoms with Crippen molar-refractivity contribution in [2.24, 2.45) is 7.05 Å². The van der Waals surface area contributed by atoms with E-state index in [0.717, 1.165) is 26.5 Å². The molecule has 4 aromatic rings. The molecule has 1 N–H and O–H groups in total. The summed E-state index contributed by atoms with van der Waals surface area (Å²) in [6.45, 7) is 0. The number of aromatic nitrogens is 4. The quantitative estimate of drug-likeness (QED) is 0.565. The molecule has 0 bridgehead atoms. The van der Waals surface area contributed by atoms with E-state index in [0.29, 0.717) is 11.3 Å². The number of para-hydroxylation sites is 1. The van der Waals surface area contributed by atoms with Crippen LogP contribution in [0, 0.1) is 0 Å². The number of thiazole rings is 1. The molecule has 0 unspecified atom stereocenters. The number of anilines is 1. The van der Waals surface area contributed by atoms with Crippen LogP contribution in [0.4, 0.5) is 5.13 Å². The Kier molecular flexibility index (Phi) is 4.08. The fourth-order valence-electron chi connectivity index (χ4n) is 2.64. The summed E-state index contributed by atoms with van der Waals surface area (Å²) in [6.07, 6.45) is 2.84. The van der Waals surface area contributed by atoms with Gasteiger partial charge in [0.1, 0.15) is 0 Å². The van der Waals surface area contributed by atoms with Crippen molar-refractivity contribution in [2.75, 3.05) is 11.4 Å². The molecule has 27 heavy (non-hydrogen) atoms. The highest BCUT2D eigenvalue weighted by Gasteiger charge is 2.26. The zero-order valence-corrected chi connectivity index (χ0v) is 16.1. The van der Waals surface area contributed by atoms with Gasteiger partial charge in [0, 0.05) is 31.2 Å². The number of aromatic amines is 1. The molecule has 0 aliphatic heterocycles. The van der Waals surface area contributed by atoms with E-state index in [1.165, 1.54) is 19.6 Å². The van der Waals surface area contributed by atoms with Gasteiger partial charge in [-0.05, 0) is 17.5 Å². The molecule has 10 heteroatoms. The van der Waals surface area contributed by atoms with Crippen molar-refractivity contribution in [2.45, 2.75) is 5.03 Å². The molecule has 0 saturated heterocycles. The summed E-state index contributed by atoms with van der Waals surface area (Å²) in [4.78, 5) is 23.5. The van der Waals surface area contributed by atoms with Crippen LogP contribution in [0.25, 0.3) is 22.2 Å². The van der Waals surface area contributed by atoms with Crippen LogP contribution in [0.5, 0.6) is 0 Å². The van der Waals surface area contributed by atoms with Gasteiger partial charge in [-0.1, -0.05) is 18.2 Å². The molecule has 8 nitrogen and oxygen atoms in total. The number of nitrogens with one attached hydrogen (secondary N) is 1. The molecule has 4 rings (SSSR count). The zero-order chi connectivity index (χ0) is 19.2. The van der Waals surface area contributed by atoms with Crippen LogP contribution >= 0.6 is 11.3 Å². The Morgan fingerprint density at radius 1 is 1.26 bits per heavy atom. The first-order valence-electron chi connectivity index (χ1n) is 7.91. The first-order chi connectivity index (χ1) is 12.9. The molecule has 0 fully saturated rings. The number of hydrogen-bond acceptors (Lipinski definition) is 6. The topological polar surface area (TPSA) is 101 Å². The molecule has 0 amide bonds. The summed E-state index contributed by atoms with van der Waals surface area (Å²) in [5.41, 5.74) is 1.27. The Bertz CT molecular complexity index is 1300. The van der Waals surface area contributed by atoms with Gasteiger partial charge in [-0.2, -0.15) is 8.42 Å². The lowest BCUT2D eigenvalue weighted by molar-refractivity contribution is 0.591. The average Bonchev–Trinajstić information content (AvgIpc) is 3.30. The Hall–Kier alpha value is -2.98. The van der Waals surface area contributed by atoms with Gasteiger partial charge >= 0.3 is 0 Å². The highest BCUT2D eigenvalue weighted by molar-refractivity contribution is 7.92. The maximum absolute atomic E-state index is 12.7. The molecule has 0 atom stereocenters. The maximum Gasteiger partial charge on any atom is 0.284 e. The Labute approximate surface area is 158 Å². The lowest BCUT2D eigenvalue weighted by Gasteiger charge is -2.14. The summed E-state index contributed by atoms with van der Waals surface area (Å²) in [6, 6.07) is 9.18. The summed E-state index contributed by atoms with van der Waals surface area (Å²) < 4.78 is 28.0. The van der Waals surface area contributed by atoms with Crippen molar-refractivity contribution in [1.29, 1.82) is 0 Å². The minimum atomic E-state index is -3.82. The number of rotatable bonds is 4. The minimum Gasteiger partial charge on any atom is -0.339 e. The third-order valence-corrected chi connectivity index (χ3v) is 6.76. The molecule has 0 saturated carbocycles. The summed E-state index contributed by atoms with van der Waals surface area (Å²) in [7, 11) is -0.714. The normalized spacial score (nSPS) is 11.8. The predicted octanol–water partition coefficient (Wildman–Crippen LogP) is 2.21. The van der Waals surface area contributed by atoms with Gasteiger partial charge in [0.25, 0.3) is 15.6 Å². The molecule has 0 radical (unpaired) electrons. The van der Waals surface area contributed by atoms with Crippen LogP contribution in [0.2, 0.25) is 0 Å². The molecular formula is C17H15N5O3S2. The molecule has 0 spiro atoms. The van der Waals surface area contributed by atoms with Crippen molar-refractivity contribution < 1.29 is 8.42 Å². The van der Waals surface area contributed by atoms with E-state index in [2.05, 4.69) is 15.0 Å². The van der Waals surface area contributed by atoms with Crippen LogP contribution in [0.15, 0.2) is 58.1 Å². The van der Waals surface area contributed by atoms with Gasteiger partial charge in [0.05, 0.1) is 17.6 Å². The van der Waals surface area contributed by atoms with Crippen LogP contribution in [-0.4, -0.2) is 35.0 Å². The van der Waals surface area contributed by atoms with Crippen molar-refractivity contribution >= 4 is 37.4 Å². The fourth-order valence-corrected chi connectivity index (χ4v) is 4.76. The number of nitrogens with zero attached hydrogens (tertiary/aromatic N) is 4. The van der Waals surface area contributed by atoms with Crippen LogP contribution in [-0.2, 0) is 17.1 Å². The van der Waals surface area contributed by atoms with Crippen LogP contribution in [0.3, 0.4) is 0 Å². The largest absolute Gasteiger partial charge is 0.339 e. The smallest absolute Gasteiger partial charge is 0.284 e. The lowest BCUT2D eigenvalue weighted by Crippen LogP contribution is -2.26. The minimum absolute atomic E-state index is 0.0622.